The van der Waals surface area contributed by atoms with Crippen LogP contribution in [0.25, 0.3) is 5.69 Å². The second-order valence-electron chi connectivity index (χ2n) is 7.41. The highest BCUT2D eigenvalue weighted by Gasteiger charge is 2.22. The maximum Gasteiger partial charge on any atom is 0.234 e. The Morgan fingerprint density at radius 3 is 2.38 bits per heavy atom. The molecule has 0 aliphatic heterocycles. The van der Waals surface area contributed by atoms with Crippen molar-refractivity contribution < 1.29 is 9.90 Å². The van der Waals surface area contributed by atoms with E-state index in [1.54, 1.807) is 4.57 Å². The number of anilines is 1. The van der Waals surface area contributed by atoms with Gasteiger partial charge in [0.1, 0.15) is 6.10 Å². The molecule has 0 aliphatic rings. The van der Waals surface area contributed by atoms with Gasteiger partial charge in [0.15, 0.2) is 11.0 Å². The highest BCUT2D eigenvalue weighted by Crippen LogP contribution is 2.28. The fourth-order valence-corrected chi connectivity index (χ4v) is 4.12. The molecule has 0 aliphatic carbocycles. The summed E-state index contributed by atoms with van der Waals surface area (Å²) in [5.41, 5.74) is 4.52. The molecule has 1 amide bonds. The summed E-state index contributed by atoms with van der Waals surface area (Å²) in [5, 5.41) is 23.0. The Bertz CT molecular complexity index is 1210. The van der Waals surface area contributed by atoms with Crippen molar-refractivity contribution in [3.63, 3.8) is 0 Å². The summed E-state index contributed by atoms with van der Waals surface area (Å²) in [6, 6.07) is 24.8. The van der Waals surface area contributed by atoms with E-state index in [1.165, 1.54) is 11.8 Å². The molecule has 2 N–H and O–H groups in total. The van der Waals surface area contributed by atoms with Crippen LogP contribution in [0.5, 0.6) is 0 Å². The third kappa shape index (κ3) is 4.74. The number of aliphatic hydroxyl groups excluding tert-OH is 1. The topological polar surface area (TPSA) is 80.0 Å². The monoisotopic (exact) mass is 444 g/mol. The zero-order valence-electron chi connectivity index (χ0n) is 17.9. The lowest BCUT2D eigenvalue weighted by molar-refractivity contribution is -0.113. The third-order valence-corrected chi connectivity index (χ3v) is 6.17. The number of aryl methyl sites for hydroxylation is 1. The normalized spacial score (nSPS) is 11.8. The molecule has 1 aromatic heterocycles. The largest absolute Gasteiger partial charge is 0.380 e. The van der Waals surface area contributed by atoms with E-state index >= 15 is 0 Å². The van der Waals surface area contributed by atoms with Crippen molar-refractivity contribution in [1.82, 2.24) is 14.8 Å². The lowest BCUT2D eigenvalue weighted by Crippen LogP contribution is -2.16. The van der Waals surface area contributed by atoms with Crippen LogP contribution in [0.1, 0.15) is 28.6 Å². The zero-order valence-corrected chi connectivity index (χ0v) is 18.7. The molecular weight excluding hydrogens is 420 g/mol. The number of benzene rings is 3. The molecule has 32 heavy (non-hydrogen) atoms. The van der Waals surface area contributed by atoms with E-state index in [0.29, 0.717) is 11.0 Å². The number of rotatable bonds is 7. The fraction of sp³-hybridized carbons (Fsp3) is 0.160. The van der Waals surface area contributed by atoms with Crippen molar-refractivity contribution in [2.45, 2.75) is 25.1 Å². The quantitative estimate of drug-likeness (QED) is 0.404. The Morgan fingerprint density at radius 2 is 1.66 bits per heavy atom. The molecule has 0 saturated carbocycles. The fourth-order valence-electron chi connectivity index (χ4n) is 3.36. The van der Waals surface area contributed by atoms with Crippen LogP contribution in [0.15, 0.2) is 84.0 Å². The highest BCUT2D eigenvalue weighted by atomic mass is 32.2. The number of aromatic nitrogens is 3. The average Bonchev–Trinajstić information content (AvgIpc) is 3.25. The Morgan fingerprint density at radius 1 is 0.969 bits per heavy atom. The number of nitrogens with one attached hydrogen (secondary N) is 1. The Labute approximate surface area is 191 Å². The number of aliphatic hydroxyl groups is 1. The van der Waals surface area contributed by atoms with Gasteiger partial charge in [0.05, 0.1) is 5.75 Å². The molecule has 4 rings (SSSR count). The first-order valence-corrected chi connectivity index (χ1v) is 11.3. The van der Waals surface area contributed by atoms with Crippen LogP contribution in [0.4, 0.5) is 5.69 Å². The van der Waals surface area contributed by atoms with E-state index in [9.17, 15) is 9.90 Å². The minimum atomic E-state index is -0.943. The molecule has 0 fully saturated rings. The van der Waals surface area contributed by atoms with E-state index in [0.717, 1.165) is 28.1 Å². The van der Waals surface area contributed by atoms with Crippen LogP contribution < -0.4 is 5.32 Å². The molecule has 1 heterocycles. The van der Waals surface area contributed by atoms with Crippen LogP contribution in [0, 0.1) is 13.8 Å². The summed E-state index contributed by atoms with van der Waals surface area (Å²) < 4.78 is 1.80. The predicted octanol–water partition coefficient (Wildman–Crippen LogP) is 4.70. The number of para-hydroxylation sites is 1. The second kappa shape index (κ2) is 9.80. The van der Waals surface area contributed by atoms with Crippen molar-refractivity contribution in [2.24, 2.45) is 0 Å². The van der Waals surface area contributed by atoms with Crippen LogP contribution in [0.3, 0.4) is 0 Å². The third-order valence-electron chi connectivity index (χ3n) is 5.24. The van der Waals surface area contributed by atoms with Gasteiger partial charge in [-0.1, -0.05) is 72.4 Å². The number of hydrogen-bond donors (Lipinski definition) is 2. The second-order valence-corrected chi connectivity index (χ2v) is 8.35. The van der Waals surface area contributed by atoms with Gasteiger partial charge >= 0.3 is 0 Å². The zero-order chi connectivity index (χ0) is 22.5. The van der Waals surface area contributed by atoms with Crippen molar-refractivity contribution in [1.29, 1.82) is 0 Å². The van der Waals surface area contributed by atoms with Crippen LogP contribution in [-0.4, -0.2) is 31.5 Å². The number of nitrogens with zero attached hydrogens (tertiary/aromatic N) is 3. The first-order valence-electron chi connectivity index (χ1n) is 10.3. The Hall–Kier alpha value is -3.42. The summed E-state index contributed by atoms with van der Waals surface area (Å²) in [7, 11) is 0. The average molecular weight is 445 g/mol. The minimum absolute atomic E-state index is 0.128. The molecule has 4 aromatic rings. The van der Waals surface area contributed by atoms with Gasteiger partial charge < -0.3 is 10.4 Å². The van der Waals surface area contributed by atoms with Gasteiger partial charge in [-0.15, -0.1) is 10.2 Å². The maximum absolute atomic E-state index is 12.6. The number of amides is 1. The molecule has 1 atom stereocenters. The van der Waals surface area contributed by atoms with Gasteiger partial charge in [-0.3, -0.25) is 9.36 Å². The number of carbonyl (C=O) groups is 1. The maximum atomic E-state index is 12.6. The Kier molecular flexibility index (Phi) is 6.68. The van der Waals surface area contributed by atoms with Crippen molar-refractivity contribution in [3.8, 4) is 5.69 Å². The number of carbonyl (C=O) groups excluding carboxylic acids is 1. The van der Waals surface area contributed by atoms with Gasteiger partial charge in [0, 0.05) is 11.4 Å². The van der Waals surface area contributed by atoms with Gasteiger partial charge in [-0.25, -0.2) is 0 Å². The van der Waals surface area contributed by atoms with Crippen molar-refractivity contribution >= 4 is 23.4 Å². The lowest BCUT2D eigenvalue weighted by atomic mass is 10.1. The summed E-state index contributed by atoms with van der Waals surface area (Å²) >= 11 is 1.28. The first kappa shape index (κ1) is 21.8. The number of thioether (sulfide) groups is 1. The summed E-state index contributed by atoms with van der Waals surface area (Å²) in [5.74, 6) is 0.441. The number of hydrogen-bond acceptors (Lipinski definition) is 5. The molecule has 0 unspecified atom stereocenters. The molecule has 7 heteroatoms. The summed E-state index contributed by atoms with van der Waals surface area (Å²) in [6.07, 6.45) is -0.943. The van der Waals surface area contributed by atoms with E-state index < -0.39 is 6.10 Å². The van der Waals surface area contributed by atoms with Gasteiger partial charge in [0.25, 0.3) is 0 Å². The van der Waals surface area contributed by atoms with Gasteiger partial charge in [-0.2, -0.15) is 0 Å². The van der Waals surface area contributed by atoms with E-state index in [-0.39, 0.29) is 11.7 Å². The van der Waals surface area contributed by atoms with Crippen LogP contribution >= 0.6 is 11.8 Å². The standard InChI is InChI=1S/C25H24N4O2S/c1-17-10-9-15-21(18(17)2)26-22(30)16-32-25-28-27-24(23(31)19-11-5-3-6-12-19)29(25)20-13-7-4-8-14-20/h3-15,23,31H,16H2,1-2H3,(H,26,30)/t23-/m0/s1. The SMILES string of the molecule is Cc1cccc(NC(=O)CSc2nnc([C@@H](O)c3ccccc3)n2-c2ccccc2)c1C. The van der Waals surface area contributed by atoms with E-state index in [1.807, 2.05) is 92.7 Å². The predicted molar refractivity (Wildman–Crippen MR) is 127 cm³/mol. The Balaban J connectivity index is 1.58. The molecule has 3 aromatic carbocycles. The van der Waals surface area contributed by atoms with Crippen LogP contribution in [0.2, 0.25) is 0 Å². The van der Waals surface area contributed by atoms with E-state index in [2.05, 4.69) is 15.5 Å². The first-order chi connectivity index (χ1) is 15.5. The minimum Gasteiger partial charge on any atom is -0.380 e. The lowest BCUT2D eigenvalue weighted by Gasteiger charge is -2.14. The van der Waals surface area contributed by atoms with E-state index in [4.69, 9.17) is 0 Å². The van der Waals surface area contributed by atoms with Gasteiger partial charge in [-0.05, 0) is 48.7 Å². The molecule has 0 spiro atoms. The molecule has 162 valence electrons. The van der Waals surface area contributed by atoms with Crippen molar-refractivity contribution in [2.75, 3.05) is 11.1 Å². The molecule has 0 radical (unpaired) electrons. The van der Waals surface area contributed by atoms with Gasteiger partial charge in [0.2, 0.25) is 5.91 Å². The van der Waals surface area contributed by atoms with Crippen LogP contribution in [-0.2, 0) is 4.79 Å². The molecule has 0 bridgehead atoms. The van der Waals surface area contributed by atoms with Crippen molar-refractivity contribution in [3.05, 3.63) is 101 Å². The molecular formula is C25H24N4O2S. The smallest absolute Gasteiger partial charge is 0.234 e. The molecule has 0 saturated heterocycles. The highest BCUT2D eigenvalue weighted by molar-refractivity contribution is 7.99. The molecule has 6 nitrogen and oxygen atoms in total. The summed E-state index contributed by atoms with van der Waals surface area (Å²) in [6.45, 7) is 4.00. The summed E-state index contributed by atoms with van der Waals surface area (Å²) in [4.78, 5) is 12.6.